The van der Waals surface area contributed by atoms with Crippen LogP contribution in [0.2, 0.25) is 0 Å². The Morgan fingerprint density at radius 2 is 1.32 bits per heavy atom. The van der Waals surface area contributed by atoms with Gasteiger partial charge in [0.15, 0.2) is 0 Å². The maximum absolute atomic E-state index is 3.68. The summed E-state index contributed by atoms with van der Waals surface area (Å²) in [6.45, 7) is 0. The summed E-state index contributed by atoms with van der Waals surface area (Å²) in [7, 11) is 0. The Morgan fingerprint density at radius 3 is 1.91 bits per heavy atom. The summed E-state index contributed by atoms with van der Waals surface area (Å²) in [6.07, 6.45) is 8.29. The van der Waals surface area contributed by atoms with Crippen molar-refractivity contribution >= 4 is 0 Å². The maximum atomic E-state index is 3.68. The van der Waals surface area contributed by atoms with Gasteiger partial charge in [0.1, 0.15) is 0 Å². The Balaban J connectivity index is 1.90. The van der Waals surface area contributed by atoms with E-state index in [1.807, 2.05) is 0 Å². The van der Waals surface area contributed by atoms with Crippen molar-refractivity contribution in [3.8, 4) is 11.8 Å². The molecule has 0 saturated heterocycles. The van der Waals surface area contributed by atoms with Crippen LogP contribution in [0.15, 0.2) is 60.7 Å². The molecule has 1 aliphatic carbocycles. The average molecular weight is 288 g/mol. The van der Waals surface area contributed by atoms with Crippen molar-refractivity contribution in [1.29, 1.82) is 0 Å². The lowest BCUT2D eigenvalue weighted by atomic mass is 9.72. The molecule has 0 heteroatoms. The second-order valence-corrected chi connectivity index (χ2v) is 6.47. The van der Waals surface area contributed by atoms with Gasteiger partial charge in [-0.1, -0.05) is 79.4 Å². The lowest BCUT2D eigenvalue weighted by Crippen LogP contribution is -2.26. The highest BCUT2D eigenvalue weighted by Gasteiger charge is 2.28. The summed E-state index contributed by atoms with van der Waals surface area (Å²) in [4.78, 5) is 0. The molecule has 0 amide bonds. The van der Waals surface area contributed by atoms with E-state index in [-0.39, 0.29) is 5.41 Å². The molecule has 112 valence electrons. The lowest BCUT2D eigenvalue weighted by Gasteiger charge is -2.30. The van der Waals surface area contributed by atoms with Crippen molar-refractivity contribution in [2.75, 3.05) is 0 Å². The van der Waals surface area contributed by atoms with E-state index in [1.54, 1.807) is 0 Å². The van der Waals surface area contributed by atoms with E-state index in [4.69, 9.17) is 0 Å². The molecule has 0 fully saturated rings. The molecule has 2 aromatic carbocycles. The molecule has 3 rings (SSSR count). The molecule has 0 spiro atoms. The van der Waals surface area contributed by atoms with Gasteiger partial charge in [-0.25, -0.2) is 0 Å². The summed E-state index contributed by atoms with van der Waals surface area (Å²) < 4.78 is 0. The van der Waals surface area contributed by atoms with E-state index >= 15 is 0 Å². The van der Waals surface area contributed by atoms with Gasteiger partial charge in [-0.15, -0.1) is 5.92 Å². The van der Waals surface area contributed by atoms with E-state index < -0.39 is 0 Å². The van der Waals surface area contributed by atoms with Gasteiger partial charge in [-0.2, -0.15) is 0 Å². The molecule has 0 atom stereocenters. The maximum Gasteiger partial charge on any atom is 0.0395 e. The third-order valence-corrected chi connectivity index (χ3v) is 4.58. The first kappa shape index (κ1) is 14.9. The Bertz CT molecular complexity index is 586. The van der Waals surface area contributed by atoms with E-state index in [9.17, 15) is 0 Å². The Labute approximate surface area is 134 Å². The highest BCUT2D eigenvalue weighted by atomic mass is 14.3. The molecule has 0 radical (unpaired) electrons. The largest absolute Gasteiger partial charge is 0.103 e. The zero-order valence-corrected chi connectivity index (χ0v) is 13.2. The molecule has 1 aliphatic rings. The first-order chi connectivity index (χ1) is 10.9. The van der Waals surface area contributed by atoms with Crippen LogP contribution in [0.1, 0.15) is 43.2 Å². The van der Waals surface area contributed by atoms with Crippen molar-refractivity contribution < 1.29 is 0 Å². The van der Waals surface area contributed by atoms with Gasteiger partial charge >= 0.3 is 0 Å². The molecule has 0 nitrogen and oxygen atoms in total. The van der Waals surface area contributed by atoms with Crippen molar-refractivity contribution in [2.45, 2.75) is 44.9 Å². The standard InChI is InChI=1S/C22H24/c1-2-10-16-22(17-11-3-1,18-20-12-6-4-7-13-20)19-21-14-8-5-9-15-21/h4-9,12-15H,1-3,10,16,18-19H2. The van der Waals surface area contributed by atoms with Gasteiger partial charge in [0.25, 0.3) is 0 Å². The van der Waals surface area contributed by atoms with Gasteiger partial charge in [0, 0.05) is 11.8 Å². The molecular formula is C22H24. The molecule has 0 bridgehead atoms. The highest BCUT2D eigenvalue weighted by molar-refractivity contribution is 5.27. The van der Waals surface area contributed by atoms with Crippen LogP contribution in [0.25, 0.3) is 0 Å². The van der Waals surface area contributed by atoms with Crippen molar-refractivity contribution in [2.24, 2.45) is 5.41 Å². The van der Waals surface area contributed by atoms with E-state index in [1.165, 1.54) is 36.8 Å². The molecule has 0 unspecified atom stereocenters. The Kier molecular flexibility index (Phi) is 4.96. The molecule has 22 heavy (non-hydrogen) atoms. The predicted octanol–water partition coefficient (Wildman–Crippen LogP) is 5.43. The fourth-order valence-corrected chi connectivity index (χ4v) is 3.47. The minimum Gasteiger partial charge on any atom is -0.103 e. The first-order valence-corrected chi connectivity index (χ1v) is 8.44. The van der Waals surface area contributed by atoms with Crippen LogP contribution in [-0.4, -0.2) is 0 Å². The van der Waals surface area contributed by atoms with Crippen molar-refractivity contribution in [1.82, 2.24) is 0 Å². The summed E-state index contributed by atoms with van der Waals surface area (Å²) >= 11 is 0. The number of rotatable bonds is 4. The van der Waals surface area contributed by atoms with E-state index in [0.29, 0.717) is 0 Å². The van der Waals surface area contributed by atoms with Crippen LogP contribution in [0.3, 0.4) is 0 Å². The zero-order chi connectivity index (χ0) is 15.1. The van der Waals surface area contributed by atoms with Crippen LogP contribution >= 0.6 is 0 Å². The van der Waals surface area contributed by atoms with Gasteiger partial charge in [-0.05, 0) is 36.8 Å². The highest BCUT2D eigenvalue weighted by Crippen LogP contribution is 2.34. The SMILES string of the molecule is C1#CC(Cc2ccccc2)(Cc2ccccc2)CCCCC1. The number of hydrogen-bond donors (Lipinski definition) is 0. The summed E-state index contributed by atoms with van der Waals surface area (Å²) in [5.41, 5.74) is 2.92. The summed E-state index contributed by atoms with van der Waals surface area (Å²) in [6, 6.07) is 21.7. The van der Waals surface area contributed by atoms with E-state index in [0.717, 1.165) is 19.3 Å². The van der Waals surface area contributed by atoms with E-state index in [2.05, 4.69) is 72.5 Å². The van der Waals surface area contributed by atoms with Crippen LogP contribution < -0.4 is 0 Å². The normalized spacial score (nSPS) is 16.9. The Hall–Kier alpha value is -2.00. The van der Waals surface area contributed by atoms with Crippen LogP contribution in [0, 0.1) is 17.3 Å². The van der Waals surface area contributed by atoms with Gasteiger partial charge < -0.3 is 0 Å². The first-order valence-electron chi connectivity index (χ1n) is 8.44. The van der Waals surface area contributed by atoms with Crippen LogP contribution in [-0.2, 0) is 12.8 Å². The number of hydrogen-bond acceptors (Lipinski definition) is 0. The van der Waals surface area contributed by atoms with Crippen molar-refractivity contribution in [3.05, 3.63) is 71.8 Å². The molecule has 0 heterocycles. The average Bonchev–Trinajstić information content (AvgIpc) is 2.53. The van der Waals surface area contributed by atoms with Crippen molar-refractivity contribution in [3.63, 3.8) is 0 Å². The van der Waals surface area contributed by atoms with Crippen LogP contribution in [0.5, 0.6) is 0 Å². The Morgan fingerprint density at radius 1 is 0.727 bits per heavy atom. The van der Waals surface area contributed by atoms with Crippen LogP contribution in [0.4, 0.5) is 0 Å². The topological polar surface area (TPSA) is 0 Å². The van der Waals surface area contributed by atoms with Gasteiger partial charge in [-0.3, -0.25) is 0 Å². The fourth-order valence-electron chi connectivity index (χ4n) is 3.47. The minimum atomic E-state index is 0.100. The van der Waals surface area contributed by atoms with Gasteiger partial charge in [0.2, 0.25) is 0 Å². The molecule has 2 aromatic rings. The summed E-state index contributed by atoms with van der Waals surface area (Å²) in [5, 5.41) is 0. The molecule has 0 saturated carbocycles. The van der Waals surface area contributed by atoms with Gasteiger partial charge in [0.05, 0.1) is 0 Å². The molecule has 0 aromatic heterocycles. The second kappa shape index (κ2) is 7.32. The lowest BCUT2D eigenvalue weighted by molar-refractivity contribution is 0.342. The third kappa shape index (κ3) is 4.01. The zero-order valence-electron chi connectivity index (χ0n) is 13.2. The minimum absolute atomic E-state index is 0.100. The molecule has 0 N–H and O–H groups in total. The quantitative estimate of drug-likeness (QED) is 0.658. The monoisotopic (exact) mass is 288 g/mol. The summed E-state index contributed by atoms with van der Waals surface area (Å²) in [5.74, 6) is 7.15. The smallest absolute Gasteiger partial charge is 0.0395 e. The third-order valence-electron chi connectivity index (χ3n) is 4.58. The second-order valence-electron chi connectivity index (χ2n) is 6.47. The predicted molar refractivity (Wildman–Crippen MR) is 93.6 cm³/mol. The fraction of sp³-hybridized carbons (Fsp3) is 0.364. The number of benzene rings is 2. The molecular weight excluding hydrogens is 264 g/mol. The molecule has 0 aliphatic heterocycles.